The van der Waals surface area contributed by atoms with Crippen LogP contribution in [0.5, 0.6) is 5.75 Å². The fourth-order valence-corrected chi connectivity index (χ4v) is 3.19. The molecule has 2 rings (SSSR count). The van der Waals surface area contributed by atoms with Crippen LogP contribution in [0.3, 0.4) is 0 Å². The van der Waals surface area contributed by atoms with Gasteiger partial charge >= 0.3 is 0 Å². The number of carbonyl (C=O) groups is 2. The zero-order chi connectivity index (χ0) is 21.1. The highest BCUT2D eigenvalue weighted by Gasteiger charge is 2.29. The normalized spacial score (nSPS) is 11.6. The number of nitrogens with one attached hydrogen (secondary N) is 1. The molecular weight excluding hydrogens is 364 g/mol. The predicted molar refractivity (Wildman–Crippen MR) is 116 cm³/mol. The Labute approximate surface area is 174 Å². The van der Waals surface area contributed by atoms with Gasteiger partial charge in [0.15, 0.2) is 0 Å². The van der Waals surface area contributed by atoms with Gasteiger partial charge < -0.3 is 15.0 Å². The fraction of sp³-hybridized carbons (Fsp3) is 0.417. The molecule has 2 aromatic carbocycles. The van der Waals surface area contributed by atoms with E-state index >= 15 is 0 Å². The van der Waals surface area contributed by atoms with Gasteiger partial charge in [-0.05, 0) is 29.7 Å². The van der Waals surface area contributed by atoms with Crippen LogP contribution in [0.4, 0.5) is 0 Å². The molecule has 0 aliphatic heterocycles. The van der Waals surface area contributed by atoms with Crippen LogP contribution < -0.4 is 10.1 Å². The molecule has 0 bridgehead atoms. The van der Waals surface area contributed by atoms with Crippen molar-refractivity contribution in [3.8, 4) is 5.75 Å². The molecule has 5 nitrogen and oxygen atoms in total. The van der Waals surface area contributed by atoms with E-state index in [-0.39, 0.29) is 11.8 Å². The Morgan fingerprint density at radius 1 is 1.00 bits per heavy atom. The van der Waals surface area contributed by atoms with E-state index in [4.69, 9.17) is 4.74 Å². The van der Waals surface area contributed by atoms with Crippen LogP contribution in [-0.4, -0.2) is 36.4 Å². The van der Waals surface area contributed by atoms with Gasteiger partial charge in [0.1, 0.15) is 11.8 Å². The van der Waals surface area contributed by atoms with Gasteiger partial charge in [0.05, 0.1) is 7.11 Å². The Morgan fingerprint density at radius 3 is 2.28 bits per heavy atom. The lowest BCUT2D eigenvalue weighted by molar-refractivity contribution is -0.141. The summed E-state index contributed by atoms with van der Waals surface area (Å²) in [5, 5.41) is 3.01. The summed E-state index contributed by atoms with van der Waals surface area (Å²) < 4.78 is 5.22. The van der Waals surface area contributed by atoms with E-state index in [9.17, 15) is 9.59 Å². The van der Waals surface area contributed by atoms with Crippen molar-refractivity contribution in [2.75, 3.05) is 13.7 Å². The molecule has 2 amide bonds. The molecule has 0 fully saturated rings. The number of ether oxygens (including phenoxy) is 1. The van der Waals surface area contributed by atoms with Crippen LogP contribution >= 0.6 is 0 Å². The second-order valence-corrected chi connectivity index (χ2v) is 7.07. The minimum Gasteiger partial charge on any atom is -0.497 e. The second-order valence-electron chi connectivity index (χ2n) is 7.07. The largest absolute Gasteiger partial charge is 0.497 e. The molecule has 0 heterocycles. The first-order valence-corrected chi connectivity index (χ1v) is 10.3. The molecular formula is C24H32N2O3. The number of benzene rings is 2. The number of carbonyl (C=O) groups excluding carboxylic acids is 2. The van der Waals surface area contributed by atoms with Crippen molar-refractivity contribution in [2.45, 2.75) is 52.1 Å². The summed E-state index contributed by atoms with van der Waals surface area (Å²) >= 11 is 0. The molecule has 1 unspecified atom stereocenters. The summed E-state index contributed by atoms with van der Waals surface area (Å²) in [6, 6.07) is 16.9. The number of hydrogen-bond donors (Lipinski definition) is 1. The number of hydrogen-bond acceptors (Lipinski definition) is 3. The standard InChI is InChI=1S/C24H32N2O3/c1-4-6-16-25-24(28)22(17-19-10-8-7-9-11-19)26(23(27)5-2)18-20-12-14-21(29-3)15-13-20/h7-15,22H,4-6,16-18H2,1-3H3,(H,25,28). The molecule has 29 heavy (non-hydrogen) atoms. The summed E-state index contributed by atoms with van der Waals surface area (Å²) in [5.41, 5.74) is 2.00. The minimum atomic E-state index is -0.552. The second kappa shape index (κ2) is 11.9. The van der Waals surface area contributed by atoms with Crippen molar-refractivity contribution >= 4 is 11.8 Å². The van der Waals surface area contributed by atoms with Gasteiger partial charge in [-0.15, -0.1) is 0 Å². The Balaban J connectivity index is 2.28. The third-order valence-corrected chi connectivity index (χ3v) is 4.92. The zero-order valence-corrected chi connectivity index (χ0v) is 17.7. The van der Waals surface area contributed by atoms with E-state index in [1.807, 2.05) is 61.5 Å². The maximum atomic E-state index is 13.0. The van der Waals surface area contributed by atoms with Crippen molar-refractivity contribution in [1.82, 2.24) is 10.2 Å². The Bertz CT molecular complexity index is 759. The first kappa shape index (κ1) is 22.5. The summed E-state index contributed by atoms with van der Waals surface area (Å²) in [6.45, 7) is 4.93. The Morgan fingerprint density at radius 2 is 1.69 bits per heavy atom. The molecule has 0 saturated carbocycles. The van der Waals surface area contributed by atoms with E-state index in [1.54, 1.807) is 12.0 Å². The van der Waals surface area contributed by atoms with E-state index in [0.29, 0.717) is 25.9 Å². The van der Waals surface area contributed by atoms with E-state index in [0.717, 1.165) is 29.7 Å². The van der Waals surface area contributed by atoms with Gasteiger partial charge in [-0.1, -0.05) is 62.7 Å². The summed E-state index contributed by atoms with van der Waals surface area (Å²) in [7, 11) is 1.62. The third-order valence-electron chi connectivity index (χ3n) is 4.92. The Hall–Kier alpha value is -2.82. The number of nitrogens with zero attached hydrogens (tertiary/aromatic N) is 1. The monoisotopic (exact) mass is 396 g/mol. The molecule has 1 atom stereocenters. The number of amides is 2. The average molecular weight is 397 g/mol. The van der Waals surface area contributed by atoms with E-state index in [1.165, 1.54) is 0 Å². The molecule has 0 aromatic heterocycles. The predicted octanol–water partition coefficient (Wildman–Crippen LogP) is 3.96. The highest BCUT2D eigenvalue weighted by molar-refractivity contribution is 5.87. The molecule has 0 spiro atoms. The molecule has 0 aliphatic rings. The third kappa shape index (κ3) is 6.93. The van der Waals surface area contributed by atoms with Gasteiger partial charge in [-0.25, -0.2) is 0 Å². The van der Waals surface area contributed by atoms with E-state index < -0.39 is 6.04 Å². The van der Waals surface area contributed by atoms with Crippen LogP contribution in [0.1, 0.15) is 44.2 Å². The van der Waals surface area contributed by atoms with Gasteiger partial charge in [0, 0.05) is 25.9 Å². The van der Waals surface area contributed by atoms with Crippen molar-refractivity contribution < 1.29 is 14.3 Å². The van der Waals surface area contributed by atoms with E-state index in [2.05, 4.69) is 12.2 Å². The molecule has 0 radical (unpaired) electrons. The summed E-state index contributed by atoms with van der Waals surface area (Å²) in [5.74, 6) is 0.630. The lowest BCUT2D eigenvalue weighted by Crippen LogP contribution is -2.50. The maximum absolute atomic E-state index is 13.0. The smallest absolute Gasteiger partial charge is 0.243 e. The minimum absolute atomic E-state index is 0.0348. The SMILES string of the molecule is CCCCNC(=O)C(Cc1ccccc1)N(Cc1ccc(OC)cc1)C(=O)CC. The number of rotatable bonds is 11. The summed E-state index contributed by atoms with van der Waals surface area (Å²) in [4.78, 5) is 27.6. The molecule has 0 saturated heterocycles. The molecule has 156 valence electrons. The topological polar surface area (TPSA) is 58.6 Å². The van der Waals surface area contributed by atoms with Crippen molar-refractivity contribution in [1.29, 1.82) is 0 Å². The first-order valence-electron chi connectivity index (χ1n) is 10.3. The molecule has 1 N–H and O–H groups in total. The lowest BCUT2D eigenvalue weighted by Gasteiger charge is -2.31. The van der Waals surface area contributed by atoms with Crippen LogP contribution in [0.2, 0.25) is 0 Å². The van der Waals surface area contributed by atoms with Crippen molar-refractivity contribution in [3.63, 3.8) is 0 Å². The number of unbranched alkanes of at least 4 members (excludes halogenated alkanes) is 1. The summed E-state index contributed by atoms with van der Waals surface area (Å²) in [6.07, 6.45) is 2.77. The van der Waals surface area contributed by atoms with Crippen LogP contribution in [0.15, 0.2) is 54.6 Å². The average Bonchev–Trinajstić information content (AvgIpc) is 2.76. The lowest BCUT2D eigenvalue weighted by atomic mass is 10.0. The molecule has 0 aliphatic carbocycles. The zero-order valence-electron chi connectivity index (χ0n) is 17.7. The molecule has 2 aromatic rings. The number of methoxy groups -OCH3 is 1. The van der Waals surface area contributed by atoms with Crippen LogP contribution in [0.25, 0.3) is 0 Å². The maximum Gasteiger partial charge on any atom is 0.243 e. The highest BCUT2D eigenvalue weighted by Crippen LogP contribution is 2.18. The van der Waals surface area contributed by atoms with Crippen molar-refractivity contribution in [3.05, 3.63) is 65.7 Å². The van der Waals surface area contributed by atoms with Crippen molar-refractivity contribution in [2.24, 2.45) is 0 Å². The van der Waals surface area contributed by atoms with Gasteiger partial charge in [0.2, 0.25) is 11.8 Å². The van der Waals surface area contributed by atoms with Gasteiger partial charge in [-0.2, -0.15) is 0 Å². The van der Waals surface area contributed by atoms with Crippen LogP contribution in [-0.2, 0) is 22.6 Å². The Kier molecular flexibility index (Phi) is 9.22. The highest BCUT2D eigenvalue weighted by atomic mass is 16.5. The molecule has 5 heteroatoms. The van der Waals surface area contributed by atoms with Crippen LogP contribution in [0, 0.1) is 0 Å². The van der Waals surface area contributed by atoms with Gasteiger partial charge in [0.25, 0.3) is 0 Å². The first-order chi connectivity index (χ1) is 14.1. The quantitative estimate of drug-likeness (QED) is 0.585. The fourth-order valence-electron chi connectivity index (χ4n) is 3.19. The van der Waals surface area contributed by atoms with Gasteiger partial charge in [-0.3, -0.25) is 9.59 Å².